The topological polar surface area (TPSA) is 96.5 Å². The molecule has 10 heteroatoms. The molecule has 0 atom stereocenters. The van der Waals surface area contributed by atoms with Gasteiger partial charge < -0.3 is 10.1 Å². The van der Waals surface area contributed by atoms with Crippen molar-refractivity contribution >= 4 is 54.9 Å². The Morgan fingerprint density at radius 1 is 1.06 bits per heavy atom. The van der Waals surface area contributed by atoms with E-state index in [0.29, 0.717) is 28.1 Å². The number of carbonyl (C=O) groups excluding carboxylic acids is 1. The van der Waals surface area contributed by atoms with E-state index < -0.39 is 10.0 Å². The Morgan fingerprint density at radius 3 is 2.44 bits per heavy atom. The maximum atomic E-state index is 12.7. The molecule has 1 aliphatic carbocycles. The molecule has 3 rings (SSSR count). The first-order chi connectivity index (χ1) is 17.3. The lowest BCUT2D eigenvalue weighted by molar-refractivity contribution is 0.0977. The molecule has 0 saturated heterocycles. The van der Waals surface area contributed by atoms with Crippen LogP contribution in [0.5, 0.6) is 5.75 Å². The highest BCUT2D eigenvalue weighted by atomic mass is 79.9. The minimum absolute atomic E-state index is 0.00389. The zero-order valence-corrected chi connectivity index (χ0v) is 23.7. The zero-order chi connectivity index (χ0) is 26.0. The summed E-state index contributed by atoms with van der Waals surface area (Å²) < 4.78 is 34.6. The first kappa shape index (κ1) is 28.6. The summed E-state index contributed by atoms with van der Waals surface area (Å²) in [6.45, 7) is 2.80. The van der Waals surface area contributed by atoms with Crippen LogP contribution in [-0.4, -0.2) is 32.1 Å². The summed E-state index contributed by atoms with van der Waals surface area (Å²) in [7, 11) is -3.57. The number of hydrogen-bond acceptors (Lipinski definition) is 5. The number of halogens is 1. The minimum Gasteiger partial charge on any atom is -0.492 e. The number of unbranched alkanes of at least 4 members (excludes halogenated alkanes) is 3. The Morgan fingerprint density at radius 2 is 1.78 bits per heavy atom. The van der Waals surface area contributed by atoms with Crippen molar-refractivity contribution in [1.29, 1.82) is 0 Å². The summed E-state index contributed by atoms with van der Waals surface area (Å²) in [6, 6.07) is 11.4. The van der Waals surface area contributed by atoms with Gasteiger partial charge in [0.1, 0.15) is 5.75 Å². The molecule has 1 fully saturated rings. The number of rotatable bonds is 11. The highest BCUT2D eigenvalue weighted by Crippen LogP contribution is 2.26. The van der Waals surface area contributed by atoms with E-state index in [1.54, 1.807) is 30.3 Å². The molecule has 1 aliphatic rings. The van der Waals surface area contributed by atoms with Crippen LogP contribution in [0.4, 0.5) is 5.69 Å². The Bertz CT molecular complexity index is 1130. The molecule has 36 heavy (non-hydrogen) atoms. The average molecular weight is 597 g/mol. The largest absolute Gasteiger partial charge is 0.492 e. The van der Waals surface area contributed by atoms with E-state index in [0.717, 1.165) is 44.9 Å². The van der Waals surface area contributed by atoms with Crippen molar-refractivity contribution in [1.82, 2.24) is 10.0 Å². The summed E-state index contributed by atoms with van der Waals surface area (Å²) >= 11 is 8.73. The van der Waals surface area contributed by atoms with E-state index in [-0.39, 0.29) is 22.0 Å². The summed E-state index contributed by atoms with van der Waals surface area (Å²) in [5, 5.41) is 5.68. The molecule has 1 saturated carbocycles. The third-order valence-electron chi connectivity index (χ3n) is 6.03. The van der Waals surface area contributed by atoms with E-state index >= 15 is 0 Å². The van der Waals surface area contributed by atoms with Gasteiger partial charge in [0, 0.05) is 17.3 Å². The van der Waals surface area contributed by atoms with Crippen LogP contribution >= 0.6 is 28.1 Å². The quantitative estimate of drug-likeness (QED) is 0.213. The van der Waals surface area contributed by atoms with Crippen molar-refractivity contribution in [2.45, 2.75) is 75.6 Å². The van der Waals surface area contributed by atoms with Gasteiger partial charge in [-0.1, -0.05) is 45.4 Å². The van der Waals surface area contributed by atoms with Crippen molar-refractivity contribution in [3.8, 4) is 5.75 Å². The lowest BCUT2D eigenvalue weighted by Gasteiger charge is -2.22. The second-order valence-electron chi connectivity index (χ2n) is 8.94. The molecule has 196 valence electrons. The number of carbonyl (C=O) groups is 1. The van der Waals surface area contributed by atoms with Gasteiger partial charge >= 0.3 is 0 Å². The van der Waals surface area contributed by atoms with Gasteiger partial charge in [-0.25, -0.2) is 13.1 Å². The molecule has 0 aromatic heterocycles. The number of anilines is 1. The highest BCUT2D eigenvalue weighted by Gasteiger charge is 2.21. The number of nitrogens with one attached hydrogen (secondary N) is 3. The molecule has 1 amide bonds. The molecule has 3 N–H and O–H groups in total. The number of benzene rings is 2. The van der Waals surface area contributed by atoms with E-state index in [4.69, 9.17) is 17.0 Å². The number of sulfonamides is 1. The Hall–Kier alpha value is -2.01. The molecule has 0 spiro atoms. The number of ether oxygens (including phenoxy) is 1. The molecule has 0 bridgehead atoms. The van der Waals surface area contributed by atoms with Gasteiger partial charge in [-0.2, -0.15) is 0 Å². The van der Waals surface area contributed by atoms with E-state index in [2.05, 4.69) is 38.2 Å². The lowest BCUT2D eigenvalue weighted by Crippen LogP contribution is -2.36. The standard InChI is InChI=1S/C26H34BrN3O4S2/c1-2-3-4-8-17-34-24-16-11-19(18-23(24)27)25(31)29-26(35)28-20-12-14-22(15-13-20)36(32,33)30-21-9-6-5-7-10-21/h11-16,18,21,30H,2-10,17H2,1H3,(H2,28,29,31,35). The summed E-state index contributed by atoms with van der Waals surface area (Å²) in [5.74, 6) is 0.329. The van der Waals surface area contributed by atoms with Crippen molar-refractivity contribution in [2.24, 2.45) is 0 Å². The van der Waals surface area contributed by atoms with Crippen LogP contribution in [0.15, 0.2) is 51.8 Å². The van der Waals surface area contributed by atoms with Gasteiger partial charge in [0.15, 0.2) is 5.11 Å². The van der Waals surface area contributed by atoms with Gasteiger partial charge in [0.05, 0.1) is 16.0 Å². The Balaban J connectivity index is 1.50. The highest BCUT2D eigenvalue weighted by molar-refractivity contribution is 9.10. The van der Waals surface area contributed by atoms with Crippen molar-refractivity contribution < 1.29 is 17.9 Å². The fraction of sp³-hybridized carbons (Fsp3) is 0.462. The maximum absolute atomic E-state index is 12.7. The smallest absolute Gasteiger partial charge is 0.257 e. The second kappa shape index (κ2) is 14.1. The van der Waals surface area contributed by atoms with Crippen LogP contribution in [0.25, 0.3) is 0 Å². The van der Waals surface area contributed by atoms with Crippen LogP contribution in [0.2, 0.25) is 0 Å². The van der Waals surface area contributed by atoms with Gasteiger partial charge in [-0.15, -0.1) is 0 Å². The third-order valence-corrected chi connectivity index (χ3v) is 8.39. The molecule has 2 aromatic carbocycles. The fourth-order valence-electron chi connectivity index (χ4n) is 4.03. The van der Waals surface area contributed by atoms with Gasteiger partial charge in [-0.3, -0.25) is 10.1 Å². The SMILES string of the molecule is CCCCCCOc1ccc(C(=O)NC(=S)Nc2ccc(S(=O)(=O)NC3CCCCC3)cc2)cc1Br. The van der Waals surface area contributed by atoms with Crippen LogP contribution in [0.1, 0.15) is 75.1 Å². The predicted molar refractivity (Wildman–Crippen MR) is 151 cm³/mol. The summed E-state index contributed by atoms with van der Waals surface area (Å²) in [5.41, 5.74) is 1.00. The zero-order valence-electron chi connectivity index (χ0n) is 20.5. The summed E-state index contributed by atoms with van der Waals surface area (Å²) in [4.78, 5) is 12.8. The monoisotopic (exact) mass is 595 g/mol. The van der Waals surface area contributed by atoms with Crippen molar-refractivity contribution in [2.75, 3.05) is 11.9 Å². The summed E-state index contributed by atoms with van der Waals surface area (Å²) in [6.07, 6.45) is 9.50. The van der Waals surface area contributed by atoms with E-state index in [1.807, 2.05) is 0 Å². The molecule has 0 radical (unpaired) electrons. The number of amides is 1. The molecule has 0 unspecified atom stereocenters. The Kier molecular flexibility index (Phi) is 11.2. The fourth-order valence-corrected chi connectivity index (χ4v) is 6.04. The molecule has 7 nitrogen and oxygen atoms in total. The number of hydrogen-bond donors (Lipinski definition) is 3. The van der Waals surface area contributed by atoms with Crippen LogP contribution in [0, 0.1) is 0 Å². The Labute approximate surface area is 228 Å². The van der Waals surface area contributed by atoms with Gasteiger partial charge in [0.25, 0.3) is 5.91 Å². The van der Waals surface area contributed by atoms with E-state index in [1.165, 1.54) is 25.0 Å². The van der Waals surface area contributed by atoms with Gasteiger partial charge in [0.2, 0.25) is 10.0 Å². The normalized spacial score (nSPS) is 14.3. The molecular formula is C26H34BrN3O4S2. The van der Waals surface area contributed by atoms with Crippen LogP contribution < -0.4 is 20.1 Å². The van der Waals surface area contributed by atoms with Gasteiger partial charge in [-0.05, 0) is 89.9 Å². The van der Waals surface area contributed by atoms with Crippen LogP contribution in [0.3, 0.4) is 0 Å². The second-order valence-corrected chi connectivity index (χ2v) is 11.9. The predicted octanol–water partition coefficient (Wildman–Crippen LogP) is 6.15. The van der Waals surface area contributed by atoms with Crippen molar-refractivity contribution in [3.63, 3.8) is 0 Å². The van der Waals surface area contributed by atoms with Crippen LogP contribution in [-0.2, 0) is 10.0 Å². The lowest BCUT2D eigenvalue weighted by atomic mass is 9.96. The van der Waals surface area contributed by atoms with Crippen molar-refractivity contribution in [3.05, 3.63) is 52.5 Å². The average Bonchev–Trinajstić information content (AvgIpc) is 2.85. The minimum atomic E-state index is -3.57. The van der Waals surface area contributed by atoms with E-state index in [9.17, 15) is 13.2 Å². The first-order valence-electron chi connectivity index (χ1n) is 12.5. The molecular weight excluding hydrogens is 562 g/mol. The third kappa shape index (κ3) is 8.83. The molecule has 2 aromatic rings. The molecule has 0 aliphatic heterocycles. The maximum Gasteiger partial charge on any atom is 0.257 e. The molecule has 0 heterocycles. The number of thiocarbonyl (C=S) groups is 1. The first-order valence-corrected chi connectivity index (χ1v) is 15.1.